The number of carboxylic acids is 1. The van der Waals surface area contributed by atoms with Crippen LogP contribution in [-0.4, -0.2) is 63.3 Å². The largest absolute Gasteiger partial charge is 0.478 e. The SMILES string of the molecule is COCCn1c(CN2CCC(c3cccc(OCc4ccc5c(c4)C(=O)OC5)n3)CC2)nc2ccc(C(=O)O)cc21. The number of aromatic nitrogens is 3. The minimum atomic E-state index is -0.951. The van der Waals surface area contributed by atoms with Crippen LogP contribution in [-0.2, 0) is 35.8 Å². The van der Waals surface area contributed by atoms with E-state index in [1.807, 2.05) is 30.3 Å². The Bertz CT molecular complexity index is 1590. The fourth-order valence-corrected chi connectivity index (χ4v) is 5.59. The fourth-order valence-electron chi connectivity index (χ4n) is 5.59. The van der Waals surface area contributed by atoms with E-state index in [0.29, 0.717) is 50.3 Å². The van der Waals surface area contributed by atoms with Crippen molar-refractivity contribution in [3.63, 3.8) is 0 Å². The second-order valence-electron chi connectivity index (χ2n) is 10.5. The second kappa shape index (κ2) is 11.7. The van der Waals surface area contributed by atoms with Crippen molar-refractivity contribution in [2.24, 2.45) is 0 Å². The Morgan fingerprint density at radius 1 is 1.10 bits per heavy atom. The molecule has 0 saturated carbocycles. The number of fused-ring (bicyclic) bond motifs is 2. The molecule has 10 heteroatoms. The number of piperidine rings is 1. The van der Waals surface area contributed by atoms with E-state index in [0.717, 1.165) is 59.6 Å². The Morgan fingerprint density at radius 3 is 2.76 bits per heavy atom. The number of pyridine rings is 1. The zero-order valence-electron chi connectivity index (χ0n) is 22.9. The van der Waals surface area contributed by atoms with Gasteiger partial charge in [-0.05, 0) is 61.8 Å². The summed E-state index contributed by atoms with van der Waals surface area (Å²) in [6, 6.07) is 16.7. The van der Waals surface area contributed by atoms with Gasteiger partial charge in [-0.15, -0.1) is 0 Å². The first-order valence-corrected chi connectivity index (χ1v) is 13.8. The summed E-state index contributed by atoms with van der Waals surface area (Å²) in [5, 5.41) is 9.45. The van der Waals surface area contributed by atoms with Crippen molar-refractivity contribution in [2.75, 3.05) is 26.8 Å². The highest BCUT2D eigenvalue weighted by atomic mass is 16.5. The lowest BCUT2D eigenvalue weighted by Gasteiger charge is -2.31. The van der Waals surface area contributed by atoms with Crippen LogP contribution in [0.4, 0.5) is 0 Å². The predicted molar refractivity (Wildman–Crippen MR) is 150 cm³/mol. The molecular formula is C31H32N4O6. The maximum atomic E-state index is 11.9. The van der Waals surface area contributed by atoms with E-state index in [1.165, 1.54) is 0 Å². The molecule has 6 rings (SSSR count). The summed E-state index contributed by atoms with van der Waals surface area (Å²) < 4.78 is 18.5. The molecule has 2 aliphatic heterocycles. The predicted octanol–water partition coefficient (Wildman–Crippen LogP) is 4.40. The van der Waals surface area contributed by atoms with E-state index in [2.05, 4.69) is 15.5 Å². The maximum Gasteiger partial charge on any atom is 0.338 e. The van der Waals surface area contributed by atoms with Gasteiger partial charge in [0, 0.05) is 36.9 Å². The summed E-state index contributed by atoms with van der Waals surface area (Å²) in [6.45, 7) is 4.26. The number of rotatable bonds is 10. The van der Waals surface area contributed by atoms with Crippen molar-refractivity contribution in [2.45, 2.75) is 45.1 Å². The highest BCUT2D eigenvalue weighted by Gasteiger charge is 2.24. The van der Waals surface area contributed by atoms with Crippen LogP contribution in [0.15, 0.2) is 54.6 Å². The number of cyclic esters (lactones) is 1. The van der Waals surface area contributed by atoms with Crippen molar-refractivity contribution >= 4 is 23.0 Å². The number of esters is 1. The summed E-state index contributed by atoms with van der Waals surface area (Å²) in [5.74, 6) is 0.572. The molecule has 1 saturated heterocycles. The average Bonchev–Trinajstić information content (AvgIpc) is 3.54. The number of nitrogens with zero attached hydrogens (tertiary/aromatic N) is 4. The van der Waals surface area contributed by atoms with Gasteiger partial charge in [0.05, 0.1) is 35.3 Å². The molecule has 0 amide bonds. The van der Waals surface area contributed by atoms with Crippen LogP contribution in [0.25, 0.3) is 11.0 Å². The lowest BCUT2D eigenvalue weighted by Crippen LogP contribution is -2.33. The zero-order valence-corrected chi connectivity index (χ0v) is 22.9. The third-order valence-corrected chi connectivity index (χ3v) is 7.85. The highest BCUT2D eigenvalue weighted by Crippen LogP contribution is 2.29. The monoisotopic (exact) mass is 556 g/mol. The molecule has 0 atom stereocenters. The van der Waals surface area contributed by atoms with Gasteiger partial charge in [0.25, 0.3) is 0 Å². The van der Waals surface area contributed by atoms with Gasteiger partial charge in [-0.2, -0.15) is 0 Å². The van der Waals surface area contributed by atoms with Gasteiger partial charge in [-0.25, -0.2) is 19.6 Å². The number of carboxylic acid groups (broad SMARTS) is 1. The molecule has 2 aromatic carbocycles. The molecule has 212 valence electrons. The highest BCUT2D eigenvalue weighted by molar-refractivity contribution is 5.93. The smallest absolute Gasteiger partial charge is 0.338 e. The summed E-state index contributed by atoms with van der Waals surface area (Å²) in [4.78, 5) is 35.4. The molecule has 41 heavy (non-hydrogen) atoms. The van der Waals surface area contributed by atoms with Gasteiger partial charge < -0.3 is 23.9 Å². The fraction of sp³-hybridized carbons (Fsp3) is 0.355. The minimum absolute atomic E-state index is 0.249. The van der Waals surface area contributed by atoms with Crippen molar-refractivity contribution in [3.05, 3.63) is 88.4 Å². The number of benzene rings is 2. The van der Waals surface area contributed by atoms with Gasteiger partial charge in [-0.1, -0.05) is 18.2 Å². The number of ether oxygens (including phenoxy) is 3. The van der Waals surface area contributed by atoms with Crippen LogP contribution >= 0.6 is 0 Å². The van der Waals surface area contributed by atoms with Crippen LogP contribution < -0.4 is 4.74 Å². The molecular weight excluding hydrogens is 524 g/mol. The third-order valence-electron chi connectivity index (χ3n) is 7.85. The average molecular weight is 557 g/mol. The van der Waals surface area contributed by atoms with Crippen LogP contribution in [0.3, 0.4) is 0 Å². The van der Waals surface area contributed by atoms with Crippen molar-refractivity contribution in [1.29, 1.82) is 0 Å². The normalized spacial score (nSPS) is 15.7. The maximum absolute atomic E-state index is 11.9. The Morgan fingerprint density at radius 2 is 1.95 bits per heavy atom. The van der Waals surface area contributed by atoms with E-state index in [9.17, 15) is 14.7 Å². The van der Waals surface area contributed by atoms with Crippen LogP contribution in [0.5, 0.6) is 5.88 Å². The summed E-state index contributed by atoms with van der Waals surface area (Å²) in [6.07, 6.45) is 1.93. The lowest BCUT2D eigenvalue weighted by molar-refractivity contribution is 0.0534. The van der Waals surface area contributed by atoms with Crippen LogP contribution in [0, 0.1) is 0 Å². The van der Waals surface area contributed by atoms with Gasteiger partial charge >= 0.3 is 11.9 Å². The van der Waals surface area contributed by atoms with Gasteiger partial charge in [0.1, 0.15) is 19.0 Å². The molecule has 1 fully saturated rings. The first-order chi connectivity index (χ1) is 20.0. The number of imidazole rings is 1. The Kier molecular flexibility index (Phi) is 7.67. The Balaban J connectivity index is 1.09. The summed E-state index contributed by atoms with van der Waals surface area (Å²) in [5.41, 5.74) is 5.29. The molecule has 0 unspecified atom stereocenters. The van der Waals surface area contributed by atoms with Crippen molar-refractivity contribution in [1.82, 2.24) is 19.4 Å². The summed E-state index contributed by atoms with van der Waals surface area (Å²) in [7, 11) is 1.66. The topological polar surface area (TPSA) is 116 Å². The van der Waals surface area contributed by atoms with Crippen molar-refractivity contribution in [3.8, 4) is 5.88 Å². The molecule has 2 aliphatic rings. The number of carbonyl (C=O) groups is 2. The molecule has 0 aliphatic carbocycles. The van der Waals surface area contributed by atoms with E-state index in [1.54, 1.807) is 25.3 Å². The molecule has 0 spiro atoms. The molecule has 2 aromatic heterocycles. The molecule has 10 nitrogen and oxygen atoms in total. The number of methoxy groups -OCH3 is 1. The van der Waals surface area contributed by atoms with Crippen LogP contribution in [0.1, 0.15) is 62.1 Å². The standard InChI is InChI=1S/C31H32N4O6/c1-39-14-13-35-27-16-22(30(36)37)7-8-26(27)32-28(35)17-34-11-9-21(10-12-34)25-3-2-4-29(33-25)40-18-20-5-6-23-19-41-31(38)24(23)15-20/h2-8,15-16,21H,9-14,17-19H2,1H3,(H,36,37). The zero-order chi connectivity index (χ0) is 28.3. The number of hydrogen-bond donors (Lipinski definition) is 1. The first kappa shape index (κ1) is 26.9. The van der Waals surface area contributed by atoms with Gasteiger partial charge in [0.2, 0.25) is 5.88 Å². The van der Waals surface area contributed by atoms with E-state index >= 15 is 0 Å². The first-order valence-electron chi connectivity index (χ1n) is 13.8. The van der Waals surface area contributed by atoms with Crippen molar-refractivity contribution < 1.29 is 28.9 Å². The Hall–Kier alpha value is -4.28. The van der Waals surface area contributed by atoms with E-state index in [-0.39, 0.29) is 11.5 Å². The van der Waals surface area contributed by atoms with Gasteiger partial charge in [-0.3, -0.25) is 4.90 Å². The molecule has 4 heterocycles. The summed E-state index contributed by atoms with van der Waals surface area (Å²) >= 11 is 0. The lowest BCUT2D eigenvalue weighted by atomic mass is 9.93. The molecule has 1 N–H and O–H groups in total. The van der Waals surface area contributed by atoms with Gasteiger partial charge in [0.15, 0.2) is 0 Å². The second-order valence-corrected chi connectivity index (χ2v) is 10.5. The van der Waals surface area contributed by atoms with E-state index in [4.69, 9.17) is 24.2 Å². The third kappa shape index (κ3) is 5.79. The van der Waals surface area contributed by atoms with Crippen LogP contribution in [0.2, 0.25) is 0 Å². The Labute approximate surface area is 237 Å². The number of aromatic carboxylic acids is 1. The quantitative estimate of drug-likeness (QED) is 0.284. The minimum Gasteiger partial charge on any atom is -0.478 e. The number of likely N-dealkylation sites (tertiary alicyclic amines) is 1. The molecule has 0 bridgehead atoms. The number of hydrogen-bond acceptors (Lipinski definition) is 8. The molecule has 0 radical (unpaired) electrons. The molecule has 4 aromatic rings. The number of carbonyl (C=O) groups excluding carboxylic acids is 1. The van der Waals surface area contributed by atoms with E-state index < -0.39 is 5.97 Å².